The molecule has 3 heterocycles. The van der Waals surface area contributed by atoms with E-state index >= 15 is 0 Å². The number of nitrogens with one attached hydrogen (secondary N) is 2. The number of piperidine rings is 1. The van der Waals surface area contributed by atoms with E-state index in [-0.39, 0.29) is 0 Å². The first-order valence-corrected chi connectivity index (χ1v) is 6.54. The number of H-pyrrole nitrogens is 1. The van der Waals surface area contributed by atoms with Gasteiger partial charge in [-0.2, -0.15) is 0 Å². The molecule has 0 aromatic carbocycles. The summed E-state index contributed by atoms with van der Waals surface area (Å²) in [5, 5.41) is 3.36. The van der Waals surface area contributed by atoms with Crippen LogP contribution in [0.15, 0.2) is 12.7 Å². The molecule has 3 rings (SSSR count). The van der Waals surface area contributed by atoms with Crippen LogP contribution in [0, 0.1) is 0 Å². The van der Waals surface area contributed by atoms with E-state index in [9.17, 15) is 0 Å². The predicted molar refractivity (Wildman–Crippen MR) is 70.5 cm³/mol. The predicted octanol–water partition coefficient (Wildman–Crippen LogP) is 1.25. The molecular weight excluding hydrogens is 228 g/mol. The summed E-state index contributed by atoms with van der Waals surface area (Å²) < 4.78 is 0. The molecule has 1 saturated heterocycles. The molecule has 0 aliphatic carbocycles. The molecule has 96 valence electrons. The SMILES string of the molecule is c1nc(NCCN2CCCCC2)c2[nH]cnc2n1. The number of hydrogen-bond acceptors (Lipinski definition) is 5. The van der Waals surface area contributed by atoms with Crippen LogP contribution in [0.25, 0.3) is 11.2 Å². The Labute approximate surface area is 106 Å². The van der Waals surface area contributed by atoms with Crippen molar-refractivity contribution in [3.8, 4) is 0 Å². The second-order valence-corrected chi connectivity index (χ2v) is 4.65. The number of nitrogens with zero attached hydrogens (tertiary/aromatic N) is 4. The van der Waals surface area contributed by atoms with E-state index in [4.69, 9.17) is 0 Å². The lowest BCUT2D eigenvalue weighted by Crippen LogP contribution is -2.33. The van der Waals surface area contributed by atoms with E-state index in [1.165, 1.54) is 32.4 Å². The summed E-state index contributed by atoms with van der Waals surface area (Å²) >= 11 is 0. The zero-order valence-corrected chi connectivity index (χ0v) is 10.4. The van der Waals surface area contributed by atoms with E-state index in [0.29, 0.717) is 5.65 Å². The van der Waals surface area contributed by atoms with Crippen LogP contribution in [-0.2, 0) is 0 Å². The molecule has 0 saturated carbocycles. The van der Waals surface area contributed by atoms with Crippen LogP contribution in [0.1, 0.15) is 19.3 Å². The van der Waals surface area contributed by atoms with Crippen molar-refractivity contribution < 1.29 is 0 Å². The Morgan fingerprint density at radius 3 is 2.94 bits per heavy atom. The van der Waals surface area contributed by atoms with Crippen LogP contribution in [0.3, 0.4) is 0 Å². The largest absolute Gasteiger partial charge is 0.367 e. The molecule has 0 radical (unpaired) electrons. The van der Waals surface area contributed by atoms with Gasteiger partial charge in [0.25, 0.3) is 0 Å². The highest BCUT2D eigenvalue weighted by atomic mass is 15.2. The normalized spacial score (nSPS) is 17.1. The lowest BCUT2D eigenvalue weighted by Gasteiger charge is -2.26. The maximum absolute atomic E-state index is 4.25. The third-order valence-corrected chi connectivity index (χ3v) is 3.39. The van der Waals surface area contributed by atoms with Crippen molar-refractivity contribution in [3.05, 3.63) is 12.7 Å². The molecule has 1 aliphatic rings. The fourth-order valence-corrected chi connectivity index (χ4v) is 2.41. The van der Waals surface area contributed by atoms with Crippen molar-refractivity contribution >= 4 is 17.0 Å². The number of rotatable bonds is 4. The monoisotopic (exact) mass is 246 g/mol. The van der Waals surface area contributed by atoms with Gasteiger partial charge in [-0.25, -0.2) is 15.0 Å². The minimum Gasteiger partial charge on any atom is -0.367 e. The molecule has 2 aromatic rings. The first-order chi connectivity index (χ1) is 8.93. The van der Waals surface area contributed by atoms with Gasteiger partial charge in [-0.05, 0) is 25.9 Å². The number of imidazole rings is 1. The van der Waals surface area contributed by atoms with Gasteiger partial charge in [-0.1, -0.05) is 6.42 Å². The topological polar surface area (TPSA) is 69.7 Å². The summed E-state index contributed by atoms with van der Waals surface area (Å²) in [7, 11) is 0. The third kappa shape index (κ3) is 2.43. The Morgan fingerprint density at radius 1 is 1.17 bits per heavy atom. The number of aromatic nitrogens is 4. The first kappa shape index (κ1) is 11.4. The Bertz CT molecular complexity index is 502. The summed E-state index contributed by atoms with van der Waals surface area (Å²) in [4.78, 5) is 18.0. The number of likely N-dealkylation sites (tertiary alicyclic amines) is 1. The van der Waals surface area contributed by atoms with E-state index in [1.54, 1.807) is 12.7 Å². The van der Waals surface area contributed by atoms with Gasteiger partial charge in [0.15, 0.2) is 11.5 Å². The minimum absolute atomic E-state index is 0.713. The zero-order valence-electron chi connectivity index (χ0n) is 10.4. The van der Waals surface area contributed by atoms with Crippen molar-refractivity contribution in [1.29, 1.82) is 0 Å². The standard InChI is InChI=1S/C12H18N6/c1-2-5-18(6-3-1)7-4-13-11-10-12(15-8-14-10)17-9-16-11/h8-9H,1-7H2,(H2,13,14,15,16,17). The highest BCUT2D eigenvalue weighted by Crippen LogP contribution is 2.14. The van der Waals surface area contributed by atoms with E-state index in [1.807, 2.05) is 0 Å². The summed E-state index contributed by atoms with van der Waals surface area (Å²) in [6.45, 7) is 4.43. The first-order valence-electron chi connectivity index (χ1n) is 6.54. The van der Waals surface area contributed by atoms with Crippen LogP contribution in [0.5, 0.6) is 0 Å². The molecule has 2 aromatic heterocycles. The van der Waals surface area contributed by atoms with Gasteiger partial charge in [0.2, 0.25) is 0 Å². The fourth-order valence-electron chi connectivity index (χ4n) is 2.41. The molecule has 1 fully saturated rings. The van der Waals surface area contributed by atoms with Crippen molar-refractivity contribution in [1.82, 2.24) is 24.8 Å². The second-order valence-electron chi connectivity index (χ2n) is 4.65. The molecule has 6 heteroatoms. The maximum atomic E-state index is 4.25. The molecule has 0 spiro atoms. The molecule has 2 N–H and O–H groups in total. The highest BCUT2D eigenvalue weighted by molar-refractivity contribution is 5.81. The molecule has 0 atom stereocenters. The van der Waals surface area contributed by atoms with Crippen LogP contribution in [0.4, 0.5) is 5.82 Å². The lowest BCUT2D eigenvalue weighted by atomic mass is 10.1. The van der Waals surface area contributed by atoms with Crippen molar-refractivity contribution in [2.45, 2.75) is 19.3 Å². The van der Waals surface area contributed by atoms with E-state index in [2.05, 4.69) is 30.2 Å². The minimum atomic E-state index is 0.713. The summed E-state index contributed by atoms with van der Waals surface area (Å²) in [6, 6.07) is 0. The number of fused-ring (bicyclic) bond motifs is 1. The Kier molecular flexibility index (Phi) is 3.36. The van der Waals surface area contributed by atoms with Gasteiger partial charge >= 0.3 is 0 Å². The Balaban J connectivity index is 1.57. The molecule has 1 aliphatic heterocycles. The third-order valence-electron chi connectivity index (χ3n) is 3.39. The van der Waals surface area contributed by atoms with E-state index < -0.39 is 0 Å². The lowest BCUT2D eigenvalue weighted by molar-refractivity contribution is 0.237. The molecule has 0 unspecified atom stereocenters. The van der Waals surface area contributed by atoms with Crippen LogP contribution in [0.2, 0.25) is 0 Å². The smallest absolute Gasteiger partial charge is 0.182 e. The average Bonchev–Trinajstić information content (AvgIpc) is 2.89. The van der Waals surface area contributed by atoms with Gasteiger partial charge in [0.1, 0.15) is 11.8 Å². The van der Waals surface area contributed by atoms with Crippen molar-refractivity contribution in [2.75, 3.05) is 31.5 Å². The van der Waals surface area contributed by atoms with Crippen LogP contribution < -0.4 is 5.32 Å². The van der Waals surface area contributed by atoms with Crippen molar-refractivity contribution in [3.63, 3.8) is 0 Å². The second kappa shape index (κ2) is 5.30. The molecule has 6 nitrogen and oxygen atoms in total. The summed E-state index contributed by atoms with van der Waals surface area (Å²) in [6.07, 6.45) is 7.24. The van der Waals surface area contributed by atoms with Crippen molar-refractivity contribution in [2.24, 2.45) is 0 Å². The Hall–Kier alpha value is -1.69. The van der Waals surface area contributed by atoms with Gasteiger partial charge in [0, 0.05) is 13.1 Å². The average molecular weight is 246 g/mol. The highest BCUT2D eigenvalue weighted by Gasteiger charge is 2.10. The zero-order chi connectivity index (χ0) is 12.2. The van der Waals surface area contributed by atoms with Gasteiger partial charge < -0.3 is 15.2 Å². The van der Waals surface area contributed by atoms with Crippen LogP contribution in [-0.4, -0.2) is 51.0 Å². The van der Waals surface area contributed by atoms with Gasteiger partial charge in [0.05, 0.1) is 6.33 Å². The van der Waals surface area contributed by atoms with E-state index in [0.717, 1.165) is 24.4 Å². The number of hydrogen-bond donors (Lipinski definition) is 2. The number of aromatic amines is 1. The molecular formula is C12H18N6. The van der Waals surface area contributed by atoms with Gasteiger partial charge in [-0.3, -0.25) is 0 Å². The molecule has 0 amide bonds. The fraction of sp³-hybridized carbons (Fsp3) is 0.583. The van der Waals surface area contributed by atoms with Gasteiger partial charge in [-0.15, -0.1) is 0 Å². The molecule has 0 bridgehead atoms. The quantitative estimate of drug-likeness (QED) is 0.849. The summed E-state index contributed by atoms with van der Waals surface area (Å²) in [5.74, 6) is 0.842. The number of anilines is 1. The Morgan fingerprint density at radius 2 is 2.06 bits per heavy atom. The summed E-state index contributed by atoms with van der Waals surface area (Å²) in [5.41, 5.74) is 1.60. The van der Waals surface area contributed by atoms with Crippen LogP contribution >= 0.6 is 0 Å². The molecule has 18 heavy (non-hydrogen) atoms. The maximum Gasteiger partial charge on any atom is 0.182 e.